The van der Waals surface area contributed by atoms with Crippen molar-refractivity contribution in [1.29, 1.82) is 0 Å². The van der Waals surface area contributed by atoms with Gasteiger partial charge in [0.25, 0.3) is 0 Å². The first-order valence-electron chi connectivity index (χ1n) is 6.39. The number of thioether (sulfide) groups is 1. The van der Waals surface area contributed by atoms with E-state index in [1.165, 1.54) is 24.3 Å². The number of nitrogens with zero attached hydrogens (tertiary/aromatic N) is 1. The molecule has 1 aliphatic heterocycles. The molecule has 94 valence electrons. The number of fused-ring (bicyclic) bond motifs is 2. The van der Waals surface area contributed by atoms with E-state index in [4.69, 9.17) is 0 Å². The normalized spacial score (nSPS) is 19.5. The molecule has 0 spiro atoms. The second-order valence-corrected chi connectivity index (χ2v) is 5.52. The molecule has 0 aliphatic carbocycles. The van der Waals surface area contributed by atoms with Crippen LogP contribution in [0, 0.1) is 0 Å². The first-order valence-corrected chi connectivity index (χ1v) is 7.54. The summed E-state index contributed by atoms with van der Waals surface area (Å²) in [5.74, 6) is 2.53. The molecule has 1 aliphatic rings. The van der Waals surface area contributed by atoms with Crippen molar-refractivity contribution in [1.82, 2.24) is 15.6 Å². The van der Waals surface area contributed by atoms with Crippen LogP contribution in [-0.4, -0.2) is 29.6 Å². The van der Waals surface area contributed by atoms with E-state index >= 15 is 0 Å². The lowest BCUT2D eigenvalue weighted by molar-refractivity contribution is 0.642. The Labute approximate surface area is 108 Å². The number of pyridine rings is 1. The summed E-state index contributed by atoms with van der Waals surface area (Å²) in [6.45, 7) is 3.96. The predicted molar refractivity (Wildman–Crippen MR) is 74.2 cm³/mol. The highest BCUT2D eigenvalue weighted by Gasteiger charge is 1.99. The third-order valence-corrected chi connectivity index (χ3v) is 3.92. The van der Waals surface area contributed by atoms with Crippen LogP contribution >= 0.6 is 11.8 Å². The van der Waals surface area contributed by atoms with Crippen LogP contribution in [0.25, 0.3) is 0 Å². The maximum atomic E-state index is 4.63. The van der Waals surface area contributed by atoms with Gasteiger partial charge in [0.05, 0.1) is 11.4 Å². The number of hydrogen-bond acceptors (Lipinski definition) is 4. The van der Waals surface area contributed by atoms with Gasteiger partial charge >= 0.3 is 0 Å². The molecule has 0 fully saturated rings. The van der Waals surface area contributed by atoms with Crippen LogP contribution in [0.3, 0.4) is 0 Å². The summed E-state index contributed by atoms with van der Waals surface area (Å²) in [6.07, 6.45) is 2.50. The second-order valence-electron chi connectivity index (χ2n) is 4.29. The average Bonchev–Trinajstić information content (AvgIpc) is 2.36. The van der Waals surface area contributed by atoms with Crippen molar-refractivity contribution in [2.45, 2.75) is 25.9 Å². The summed E-state index contributed by atoms with van der Waals surface area (Å²) in [7, 11) is 0. The molecule has 1 aromatic heterocycles. The molecule has 0 unspecified atom stereocenters. The van der Waals surface area contributed by atoms with E-state index in [-0.39, 0.29) is 0 Å². The Morgan fingerprint density at radius 1 is 0.941 bits per heavy atom. The van der Waals surface area contributed by atoms with Gasteiger partial charge < -0.3 is 10.6 Å². The minimum atomic E-state index is 0.887. The summed E-state index contributed by atoms with van der Waals surface area (Å²) >= 11 is 2.06. The molecular weight excluding hydrogens is 230 g/mol. The third-order valence-electron chi connectivity index (χ3n) is 2.76. The van der Waals surface area contributed by atoms with E-state index in [1.54, 1.807) is 0 Å². The van der Waals surface area contributed by atoms with Gasteiger partial charge in [-0.05, 0) is 49.6 Å². The fourth-order valence-corrected chi connectivity index (χ4v) is 2.76. The fourth-order valence-electron chi connectivity index (χ4n) is 1.86. The van der Waals surface area contributed by atoms with Gasteiger partial charge in [-0.3, -0.25) is 4.98 Å². The molecule has 0 radical (unpaired) electrons. The molecule has 17 heavy (non-hydrogen) atoms. The molecule has 2 N–H and O–H groups in total. The standard InChI is InChI=1S/C13H21N3S/c1-4-12-10-14-6-2-8-17-9-3-7-15-11-13(5-1)16-12/h1,4-5,14-15H,2-3,6-11H2. The van der Waals surface area contributed by atoms with Crippen molar-refractivity contribution >= 4 is 11.8 Å². The van der Waals surface area contributed by atoms with Crippen LogP contribution in [0.4, 0.5) is 0 Å². The molecule has 2 heterocycles. The minimum absolute atomic E-state index is 0.887. The topological polar surface area (TPSA) is 37.0 Å². The van der Waals surface area contributed by atoms with Crippen LogP contribution in [0.15, 0.2) is 18.2 Å². The van der Waals surface area contributed by atoms with Crippen molar-refractivity contribution in [3.8, 4) is 0 Å². The summed E-state index contributed by atoms with van der Waals surface area (Å²) < 4.78 is 0. The SMILES string of the molecule is c1cc2nc(c1)CNCCCSCCCNC2. The fraction of sp³-hybridized carbons (Fsp3) is 0.615. The number of rotatable bonds is 0. The molecule has 0 saturated heterocycles. The van der Waals surface area contributed by atoms with E-state index in [2.05, 4.69) is 45.6 Å². The van der Waals surface area contributed by atoms with Gasteiger partial charge in [0.15, 0.2) is 0 Å². The Morgan fingerprint density at radius 3 is 2.12 bits per heavy atom. The summed E-state index contributed by atoms with van der Waals surface area (Å²) in [5, 5.41) is 6.90. The lowest BCUT2D eigenvalue weighted by Crippen LogP contribution is -2.19. The van der Waals surface area contributed by atoms with Crippen molar-refractivity contribution in [2.24, 2.45) is 0 Å². The number of aromatic nitrogens is 1. The highest BCUT2D eigenvalue weighted by atomic mass is 32.2. The van der Waals surface area contributed by atoms with Gasteiger partial charge in [0, 0.05) is 13.1 Å². The Kier molecular flexibility index (Phi) is 5.82. The highest BCUT2D eigenvalue weighted by molar-refractivity contribution is 7.99. The molecule has 0 atom stereocenters. The maximum absolute atomic E-state index is 4.63. The van der Waals surface area contributed by atoms with E-state index < -0.39 is 0 Å². The lowest BCUT2D eigenvalue weighted by atomic mass is 10.3. The lowest BCUT2D eigenvalue weighted by Gasteiger charge is -2.09. The first-order chi connectivity index (χ1) is 8.45. The molecule has 4 heteroatoms. The van der Waals surface area contributed by atoms with E-state index in [0.717, 1.165) is 37.6 Å². The molecule has 0 aromatic carbocycles. The Morgan fingerprint density at radius 2 is 1.53 bits per heavy atom. The van der Waals surface area contributed by atoms with Gasteiger partial charge in [-0.1, -0.05) is 6.07 Å². The molecule has 1 aromatic rings. The van der Waals surface area contributed by atoms with Crippen molar-refractivity contribution < 1.29 is 0 Å². The molecule has 0 saturated carbocycles. The van der Waals surface area contributed by atoms with Gasteiger partial charge in [-0.25, -0.2) is 0 Å². The predicted octanol–water partition coefficient (Wildman–Crippen LogP) is 1.79. The Bertz CT molecular complexity index is 303. The Balaban J connectivity index is 1.91. The molecule has 2 rings (SSSR count). The van der Waals surface area contributed by atoms with Crippen LogP contribution < -0.4 is 10.6 Å². The molecule has 3 nitrogen and oxygen atoms in total. The van der Waals surface area contributed by atoms with Crippen LogP contribution in [-0.2, 0) is 13.1 Å². The zero-order valence-electron chi connectivity index (χ0n) is 10.2. The van der Waals surface area contributed by atoms with Crippen molar-refractivity contribution in [3.63, 3.8) is 0 Å². The van der Waals surface area contributed by atoms with Crippen molar-refractivity contribution in [2.75, 3.05) is 24.6 Å². The Hall–Kier alpha value is -0.580. The van der Waals surface area contributed by atoms with Crippen LogP contribution in [0.1, 0.15) is 24.2 Å². The van der Waals surface area contributed by atoms with E-state index in [1.807, 2.05) is 0 Å². The van der Waals surface area contributed by atoms with Crippen molar-refractivity contribution in [3.05, 3.63) is 29.6 Å². The van der Waals surface area contributed by atoms with E-state index in [9.17, 15) is 0 Å². The zero-order valence-corrected chi connectivity index (χ0v) is 11.1. The third kappa shape index (κ3) is 5.06. The summed E-state index contributed by atoms with van der Waals surface area (Å²) in [4.78, 5) is 4.63. The van der Waals surface area contributed by atoms with Gasteiger partial charge in [0.2, 0.25) is 0 Å². The maximum Gasteiger partial charge on any atom is 0.0545 e. The number of nitrogens with one attached hydrogen (secondary N) is 2. The molecule has 0 amide bonds. The quantitative estimate of drug-likeness (QED) is 0.737. The highest BCUT2D eigenvalue weighted by Crippen LogP contribution is 2.05. The smallest absolute Gasteiger partial charge is 0.0545 e. The van der Waals surface area contributed by atoms with E-state index in [0.29, 0.717) is 0 Å². The second kappa shape index (κ2) is 7.69. The van der Waals surface area contributed by atoms with Gasteiger partial charge in [-0.15, -0.1) is 0 Å². The largest absolute Gasteiger partial charge is 0.311 e. The average molecular weight is 251 g/mol. The zero-order chi connectivity index (χ0) is 11.8. The summed E-state index contributed by atoms with van der Waals surface area (Å²) in [6, 6.07) is 6.29. The van der Waals surface area contributed by atoms with Gasteiger partial charge in [0.1, 0.15) is 0 Å². The first kappa shape index (κ1) is 12.9. The number of hydrogen-bond donors (Lipinski definition) is 2. The summed E-state index contributed by atoms with van der Waals surface area (Å²) in [5.41, 5.74) is 2.29. The minimum Gasteiger partial charge on any atom is -0.311 e. The molecule has 2 bridgehead atoms. The van der Waals surface area contributed by atoms with Gasteiger partial charge in [-0.2, -0.15) is 11.8 Å². The molecular formula is C13H21N3S. The van der Waals surface area contributed by atoms with Crippen LogP contribution in [0.2, 0.25) is 0 Å². The van der Waals surface area contributed by atoms with Crippen LogP contribution in [0.5, 0.6) is 0 Å². The monoisotopic (exact) mass is 251 g/mol.